The first-order valence-corrected chi connectivity index (χ1v) is 8.69. The zero-order valence-corrected chi connectivity index (χ0v) is 14.9. The number of carbonyl (C=O) groups excluding carboxylic acids is 2. The van der Waals surface area contributed by atoms with E-state index < -0.39 is 0 Å². The van der Waals surface area contributed by atoms with Crippen LogP contribution in [0.3, 0.4) is 0 Å². The second-order valence-electron chi connectivity index (χ2n) is 7.06. The van der Waals surface area contributed by atoms with Crippen LogP contribution in [0.2, 0.25) is 0 Å². The lowest BCUT2D eigenvalue weighted by Crippen LogP contribution is -2.36. The fourth-order valence-corrected chi connectivity index (χ4v) is 3.07. The number of aromatic nitrogens is 1. The van der Waals surface area contributed by atoms with E-state index in [4.69, 9.17) is 4.52 Å². The Morgan fingerprint density at radius 2 is 2.23 bits per heavy atom. The van der Waals surface area contributed by atoms with E-state index in [2.05, 4.69) is 24.3 Å². The fraction of sp³-hybridized carbons (Fsp3) is 0.421. The number of amides is 2. The minimum absolute atomic E-state index is 0.0716. The number of halogens is 1. The maximum absolute atomic E-state index is 13.3. The molecule has 1 aromatic carbocycles. The van der Waals surface area contributed by atoms with Gasteiger partial charge in [0.2, 0.25) is 11.7 Å². The number of hydrogen-bond acceptors (Lipinski definition) is 4. The highest BCUT2D eigenvalue weighted by Gasteiger charge is 2.31. The van der Waals surface area contributed by atoms with Gasteiger partial charge in [0.25, 0.3) is 5.91 Å². The molecule has 1 aromatic heterocycles. The van der Waals surface area contributed by atoms with Gasteiger partial charge < -0.3 is 14.7 Å². The van der Waals surface area contributed by atoms with Gasteiger partial charge in [-0.15, -0.1) is 0 Å². The number of nitrogens with one attached hydrogen (secondary N) is 1. The van der Waals surface area contributed by atoms with E-state index in [-0.39, 0.29) is 35.9 Å². The van der Waals surface area contributed by atoms with E-state index >= 15 is 0 Å². The predicted molar refractivity (Wildman–Crippen MR) is 92.7 cm³/mol. The molecule has 2 aromatic rings. The highest BCUT2D eigenvalue weighted by molar-refractivity contribution is 5.92. The molecule has 0 radical (unpaired) electrons. The summed E-state index contributed by atoms with van der Waals surface area (Å²) < 4.78 is 18.4. The molecule has 1 fully saturated rings. The Morgan fingerprint density at radius 3 is 2.96 bits per heavy atom. The molecule has 1 aliphatic heterocycles. The Balaban J connectivity index is 1.56. The molecule has 0 saturated carbocycles. The summed E-state index contributed by atoms with van der Waals surface area (Å²) in [5, 5.41) is 6.71. The van der Waals surface area contributed by atoms with E-state index in [9.17, 15) is 14.0 Å². The van der Waals surface area contributed by atoms with Gasteiger partial charge in [0.05, 0.1) is 11.7 Å². The molecule has 3 rings (SSSR count). The second kappa shape index (κ2) is 7.68. The molecule has 1 N–H and O–H groups in total. The first-order valence-electron chi connectivity index (χ1n) is 8.69. The SMILES string of the molecule is CC(C)Cc1cc(C(=O)NC2CC(=O)N(Cc3cccc(F)c3)C2)on1. The highest BCUT2D eigenvalue weighted by atomic mass is 19.1. The third-order valence-corrected chi connectivity index (χ3v) is 4.21. The van der Waals surface area contributed by atoms with Crippen molar-refractivity contribution in [2.45, 2.75) is 39.3 Å². The first-order chi connectivity index (χ1) is 12.4. The second-order valence-corrected chi connectivity index (χ2v) is 7.06. The molecule has 0 bridgehead atoms. The number of benzene rings is 1. The van der Waals surface area contributed by atoms with Gasteiger partial charge in [-0.25, -0.2) is 4.39 Å². The van der Waals surface area contributed by atoms with Crippen molar-refractivity contribution >= 4 is 11.8 Å². The number of likely N-dealkylation sites (tertiary alicyclic amines) is 1. The largest absolute Gasteiger partial charge is 0.351 e. The third-order valence-electron chi connectivity index (χ3n) is 4.21. The summed E-state index contributed by atoms with van der Waals surface area (Å²) in [5.41, 5.74) is 1.46. The summed E-state index contributed by atoms with van der Waals surface area (Å²) in [4.78, 5) is 26.1. The lowest BCUT2D eigenvalue weighted by atomic mass is 10.1. The number of nitrogens with zero attached hydrogens (tertiary/aromatic N) is 2. The summed E-state index contributed by atoms with van der Waals surface area (Å²) in [5.74, 6) is -0.214. The van der Waals surface area contributed by atoms with Gasteiger partial charge in [-0.1, -0.05) is 31.1 Å². The van der Waals surface area contributed by atoms with Crippen molar-refractivity contribution in [3.05, 3.63) is 53.2 Å². The maximum Gasteiger partial charge on any atom is 0.290 e. The smallest absolute Gasteiger partial charge is 0.290 e. The summed E-state index contributed by atoms with van der Waals surface area (Å²) in [6.07, 6.45) is 0.953. The van der Waals surface area contributed by atoms with E-state index in [1.165, 1.54) is 12.1 Å². The van der Waals surface area contributed by atoms with E-state index in [0.717, 1.165) is 17.7 Å². The van der Waals surface area contributed by atoms with Gasteiger partial charge >= 0.3 is 0 Å². The van der Waals surface area contributed by atoms with Gasteiger partial charge in [0, 0.05) is 25.6 Å². The molecule has 7 heteroatoms. The fourth-order valence-electron chi connectivity index (χ4n) is 3.07. The predicted octanol–water partition coefficient (Wildman–Crippen LogP) is 2.54. The minimum atomic E-state index is -0.377. The molecule has 1 aliphatic rings. The van der Waals surface area contributed by atoms with E-state index in [0.29, 0.717) is 19.0 Å². The Hall–Kier alpha value is -2.70. The monoisotopic (exact) mass is 359 g/mol. The molecule has 2 amide bonds. The molecule has 6 nitrogen and oxygen atoms in total. The van der Waals surface area contributed by atoms with Crippen LogP contribution in [-0.4, -0.2) is 34.5 Å². The standard InChI is InChI=1S/C19H22FN3O3/c1-12(2)6-15-8-17(26-22-15)19(25)21-16-9-18(24)23(11-16)10-13-4-3-5-14(20)7-13/h3-5,7-8,12,16H,6,9-11H2,1-2H3,(H,21,25). The minimum Gasteiger partial charge on any atom is -0.351 e. The van der Waals surface area contributed by atoms with E-state index in [1.54, 1.807) is 23.1 Å². The Morgan fingerprint density at radius 1 is 1.42 bits per heavy atom. The van der Waals surface area contributed by atoms with Crippen molar-refractivity contribution in [3.63, 3.8) is 0 Å². The van der Waals surface area contributed by atoms with Crippen molar-refractivity contribution in [1.82, 2.24) is 15.4 Å². The van der Waals surface area contributed by atoms with Crippen molar-refractivity contribution in [2.75, 3.05) is 6.54 Å². The van der Waals surface area contributed by atoms with Crippen molar-refractivity contribution in [2.24, 2.45) is 5.92 Å². The lowest BCUT2D eigenvalue weighted by molar-refractivity contribution is -0.128. The molecule has 138 valence electrons. The molecule has 0 spiro atoms. The zero-order valence-electron chi connectivity index (χ0n) is 14.9. The van der Waals surface area contributed by atoms with Crippen LogP contribution in [0.25, 0.3) is 0 Å². The van der Waals surface area contributed by atoms with Crippen molar-refractivity contribution in [3.8, 4) is 0 Å². The Bertz CT molecular complexity index is 803. The number of rotatable bonds is 6. The first kappa shape index (κ1) is 18.1. The molecule has 1 unspecified atom stereocenters. The van der Waals surface area contributed by atoms with Crippen LogP contribution in [0.1, 0.15) is 42.1 Å². The maximum atomic E-state index is 13.3. The molecule has 1 saturated heterocycles. The zero-order chi connectivity index (χ0) is 18.7. The van der Waals surface area contributed by atoms with Crippen LogP contribution < -0.4 is 5.32 Å². The van der Waals surface area contributed by atoms with Crippen molar-refractivity contribution < 1.29 is 18.5 Å². The van der Waals surface area contributed by atoms with Crippen LogP contribution in [0.5, 0.6) is 0 Å². The van der Waals surface area contributed by atoms with Gasteiger partial charge in [0.1, 0.15) is 5.82 Å². The summed E-state index contributed by atoms with van der Waals surface area (Å²) in [7, 11) is 0. The van der Waals surface area contributed by atoms with E-state index in [1.807, 2.05) is 0 Å². The van der Waals surface area contributed by atoms with Crippen LogP contribution in [0.15, 0.2) is 34.9 Å². The number of carbonyl (C=O) groups is 2. The molecule has 0 aliphatic carbocycles. The molecular weight excluding hydrogens is 337 g/mol. The van der Waals surface area contributed by atoms with Crippen LogP contribution in [0, 0.1) is 11.7 Å². The number of hydrogen-bond donors (Lipinski definition) is 1. The lowest BCUT2D eigenvalue weighted by Gasteiger charge is -2.17. The summed E-state index contributed by atoms with van der Waals surface area (Å²) in [6.45, 7) is 4.83. The quantitative estimate of drug-likeness (QED) is 0.860. The average Bonchev–Trinajstić information content (AvgIpc) is 3.14. The Labute approximate surface area is 151 Å². The Kier molecular flexibility index (Phi) is 5.35. The molecular formula is C19H22FN3O3. The third kappa shape index (κ3) is 4.47. The average molecular weight is 359 g/mol. The normalized spacial score (nSPS) is 17.2. The van der Waals surface area contributed by atoms with Gasteiger partial charge in [-0.2, -0.15) is 0 Å². The van der Waals surface area contributed by atoms with Crippen LogP contribution >= 0.6 is 0 Å². The molecule has 2 heterocycles. The topological polar surface area (TPSA) is 75.4 Å². The van der Waals surface area contributed by atoms with Gasteiger partial charge in [-0.3, -0.25) is 9.59 Å². The van der Waals surface area contributed by atoms with Gasteiger partial charge in [-0.05, 0) is 30.0 Å². The van der Waals surface area contributed by atoms with Crippen molar-refractivity contribution in [1.29, 1.82) is 0 Å². The molecule has 26 heavy (non-hydrogen) atoms. The summed E-state index contributed by atoms with van der Waals surface area (Å²) in [6, 6.07) is 7.49. The van der Waals surface area contributed by atoms with Crippen LogP contribution in [0.4, 0.5) is 4.39 Å². The summed E-state index contributed by atoms with van der Waals surface area (Å²) >= 11 is 0. The highest BCUT2D eigenvalue weighted by Crippen LogP contribution is 2.17. The molecule has 1 atom stereocenters. The van der Waals surface area contributed by atoms with Crippen LogP contribution in [-0.2, 0) is 17.8 Å². The van der Waals surface area contributed by atoms with Gasteiger partial charge in [0.15, 0.2) is 0 Å².